The molecule has 0 aliphatic rings. The van der Waals surface area contributed by atoms with Crippen LogP contribution in [0.4, 0.5) is 5.82 Å². The first kappa shape index (κ1) is 11.8. The topological polar surface area (TPSA) is 75.1 Å². The molecule has 5 nitrogen and oxygen atoms in total. The van der Waals surface area contributed by atoms with E-state index in [1.807, 2.05) is 18.4 Å². The summed E-state index contributed by atoms with van der Waals surface area (Å²) in [7, 11) is 0. The molecule has 2 aromatic rings. The molecule has 0 fully saturated rings. The summed E-state index contributed by atoms with van der Waals surface area (Å²) in [6, 6.07) is 1.89. The van der Waals surface area contributed by atoms with Gasteiger partial charge in [0.1, 0.15) is 17.7 Å². The molecular weight excluding hydrogens is 238 g/mol. The molecule has 0 amide bonds. The van der Waals surface area contributed by atoms with E-state index in [0.29, 0.717) is 12.2 Å². The van der Waals surface area contributed by atoms with Crippen LogP contribution in [-0.2, 0) is 4.79 Å². The maximum atomic E-state index is 11.2. The molecule has 2 heterocycles. The van der Waals surface area contributed by atoms with Crippen LogP contribution in [-0.4, -0.2) is 26.6 Å². The number of thiophene rings is 1. The van der Waals surface area contributed by atoms with Gasteiger partial charge in [-0.2, -0.15) is 0 Å². The van der Waals surface area contributed by atoms with Gasteiger partial charge in [0.2, 0.25) is 0 Å². The highest BCUT2D eigenvalue weighted by molar-refractivity contribution is 7.17. The van der Waals surface area contributed by atoms with Crippen molar-refractivity contribution in [2.45, 2.75) is 25.8 Å². The number of carbonyl (C=O) groups is 1. The Morgan fingerprint density at radius 1 is 1.59 bits per heavy atom. The molecule has 2 rings (SSSR count). The van der Waals surface area contributed by atoms with Crippen molar-refractivity contribution < 1.29 is 9.90 Å². The number of aromatic nitrogens is 2. The Hall–Kier alpha value is -1.69. The molecule has 0 aromatic carbocycles. The number of hydrogen-bond acceptors (Lipinski definition) is 5. The smallest absolute Gasteiger partial charge is 0.329 e. The lowest BCUT2D eigenvalue weighted by Crippen LogP contribution is -2.42. The lowest BCUT2D eigenvalue weighted by molar-refractivity contribution is -0.141. The van der Waals surface area contributed by atoms with E-state index in [9.17, 15) is 9.90 Å². The molecule has 0 saturated heterocycles. The van der Waals surface area contributed by atoms with Crippen LogP contribution in [0.1, 0.15) is 20.3 Å². The molecule has 0 aliphatic carbocycles. The summed E-state index contributed by atoms with van der Waals surface area (Å²) >= 11 is 1.50. The third kappa shape index (κ3) is 2.08. The minimum Gasteiger partial charge on any atom is -0.480 e. The molecular formula is C11H13N3O2S. The number of hydrogen-bond donors (Lipinski definition) is 2. The number of aliphatic carboxylic acids is 1. The zero-order valence-corrected chi connectivity index (χ0v) is 10.4. The highest BCUT2D eigenvalue weighted by atomic mass is 32.1. The molecule has 17 heavy (non-hydrogen) atoms. The molecule has 0 bridgehead atoms. The zero-order valence-electron chi connectivity index (χ0n) is 9.60. The van der Waals surface area contributed by atoms with Gasteiger partial charge in [-0.1, -0.05) is 6.92 Å². The lowest BCUT2D eigenvalue weighted by Gasteiger charge is -2.25. The van der Waals surface area contributed by atoms with Crippen LogP contribution in [0.3, 0.4) is 0 Å². The van der Waals surface area contributed by atoms with E-state index in [2.05, 4.69) is 15.3 Å². The molecule has 0 aliphatic heterocycles. The quantitative estimate of drug-likeness (QED) is 0.872. The lowest BCUT2D eigenvalue weighted by atomic mass is 9.99. The van der Waals surface area contributed by atoms with E-state index >= 15 is 0 Å². The first-order valence-electron chi connectivity index (χ1n) is 5.26. The summed E-state index contributed by atoms with van der Waals surface area (Å²) in [6.45, 7) is 3.48. The number of nitrogens with one attached hydrogen (secondary N) is 1. The minimum atomic E-state index is -1.01. The average molecular weight is 251 g/mol. The van der Waals surface area contributed by atoms with Crippen molar-refractivity contribution in [3.05, 3.63) is 17.8 Å². The molecule has 6 heteroatoms. The number of carboxylic acid groups (broad SMARTS) is 1. The molecule has 90 valence electrons. The van der Waals surface area contributed by atoms with Crippen LogP contribution in [0.25, 0.3) is 10.2 Å². The van der Waals surface area contributed by atoms with Crippen molar-refractivity contribution in [1.82, 2.24) is 9.97 Å². The van der Waals surface area contributed by atoms with E-state index in [0.717, 1.165) is 10.2 Å². The van der Waals surface area contributed by atoms with Gasteiger partial charge in [-0.05, 0) is 24.8 Å². The monoisotopic (exact) mass is 251 g/mol. The van der Waals surface area contributed by atoms with Crippen molar-refractivity contribution in [3.8, 4) is 0 Å². The van der Waals surface area contributed by atoms with Crippen LogP contribution in [0.5, 0.6) is 0 Å². The molecule has 1 unspecified atom stereocenters. The number of nitrogens with zero attached hydrogens (tertiary/aromatic N) is 2. The van der Waals surface area contributed by atoms with Crippen LogP contribution in [0, 0.1) is 0 Å². The van der Waals surface area contributed by atoms with Gasteiger partial charge in [0, 0.05) is 0 Å². The second kappa shape index (κ2) is 4.29. The van der Waals surface area contributed by atoms with Gasteiger partial charge in [-0.25, -0.2) is 14.8 Å². The number of fused-ring (bicyclic) bond motifs is 1. The Balaban J connectivity index is 2.41. The van der Waals surface area contributed by atoms with Crippen LogP contribution in [0.2, 0.25) is 0 Å². The van der Waals surface area contributed by atoms with Crippen molar-refractivity contribution in [2.24, 2.45) is 0 Å². The van der Waals surface area contributed by atoms with Crippen molar-refractivity contribution in [1.29, 1.82) is 0 Å². The Kier molecular flexibility index (Phi) is 2.97. The fraction of sp³-hybridized carbons (Fsp3) is 0.364. The Labute approximate surface area is 103 Å². The Morgan fingerprint density at radius 2 is 2.35 bits per heavy atom. The molecule has 2 aromatic heterocycles. The normalized spacial score (nSPS) is 14.5. The van der Waals surface area contributed by atoms with Gasteiger partial charge in [0.15, 0.2) is 0 Å². The predicted octanol–water partition coefficient (Wildman–Crippen LogP) is 2.36. The summed E-state index contributed by atoms with van der Waals surface area (Å²) in [6.07, 6.45) is 1.91. The van der Waals surface area contributed by atoms with Gasteiger partial charge >= 0.3 is 5.97 Å². The molecule has 0 radical (unpaired) electrons. The summed E-state index contributed by atoms with van der Waals surface area (Å²) in [5.74, 6) is -0.305. The van der Waals surface area contributed by atoms with Crippen LogP contribution < -0.4 is 5.32 Å². The molecule has 1 atom stereocenters. The van der Waals surface area contributed by atoms with Gasteiger partial charge in [0.25, 0.3) is 0 Å². The average Bonchev–Trinajstić information content (AvgIpc) is 2.77. The third-order valence-corrected chi connectivity index (χ3v) is 3.73. The number of carboxylic acids is 1. The van der Waals surface area contributed by atoms with Gasteiger partial charge in [-0.15, -0.1) is 11.3 Å². The number of rotatable bonds is 4. The van der Waals surface area contributed by atoms with E-state index in [4.69, 9.17) is 0 Å². The fourth-order valence-corrected chi connectivity index (χ4v) is 2.22. The highest BCUT2D eigenvalue weighted by Crippen LogP contribution is 2.27. The van der Waals surface area contributed by atoms with E-state index in [1.165, 1.54) is 17.7 Å². The standard InChI is InChI=1S/C11H13N3O2S/c1-3-11(2,10(15)16)14-9-8-7(4-5-17-8)12-6-13-9/h4-6H,3H2,1-2H3,(H,15,16)(H,12,13,14). The Bertz CT molecular complexity index is 554. The van der Waals surface area contributed by atoms with Gasteiger partial charge in [-0.3, -0.25) is 0 Å². The van der Waals surface area contributed by atoms with Crippen molar-refractivity contribution >= 4 is 33.3 Å². The third-order valence-electron chi connectivity index (χ3n) is 2.82. The SMILES string of the molecule is CCC(C)(Nc1ncnc2ccsc12)C(=O)O. The molecule has 0 spiro atoms. The van der Waals surface area contributed by atoms with E-state index in [-0.39, 0.29) is 0 Å². The maximum Gasteiger partial charge on any atom is 0.329 e. The molecule has 2 N–H and O–H groups in total. The minimum absolute atomic E-state index is 0.471. The summed E-state index contributed by atoms with van der Waals surface area (Å²) in [4.78, 5) is 19.5. The first-order chi connectivity index (χ1) is 8.07. The highest BCUT2D eigenvalue weighted by Gasteiger charge is 2.31. The second-order valence-corrected chi connectivity index (χ2v) is 4.89. The van der Waals surface area contributed by atoms with Gasteiger partial charge < -0.3 is 10.4 Å². The largest absolute Gasteiger partial charge is 0.480 e. The summed E-state index contributed by atoms with van der Waals surface area (Å²) in [5.41, 5.74) is -0.179. The van der Waals surface area contributed by atoms with Crippen molar-refractivity contribution in [3.63, 3.8) is 0 Å². The first-order valence-corrected chi connectivity index (χ1v) is 6.14. The zero-order chi connectivity index (χ0) is 12.5. The van der Waals surface area contributed by atoms with Crippen LogP contribution in [0.15, 0.2) is 17.8 Å². The summed E-state index contributed by atoms with van der Waals surface area (Å²) < 4.78 is 0.883. The summed E-state index contributed by atoms with van der Waals surface area (Å²) in [5, 5.41) is 14.1. The van der Waals surface area contributed by atoms with Crippen molar-refractivity contribution in [2.75, 3.05) is 5.32 Å². The Morgan fingerprint density at radius 3 is 3.00 bits per heavy atom. The fourth-order valence-electron chi connectivity index (χ4n) is 1.43. The molecule has 0 saturated carbocycles. The van der Waals surface area contributed by atoms with Gasteiger partial charge in [0.05, 0.1) is 10.2 Å². The van der Waals surface area contributed by atoms with E-state index < -0.39 is 11.5 Å². The van der Waals surface area contributed by atoms with Crippen LogP contribution >= 0.6 is 11.3 Å². The number of anilines is 1. The maximum absolute atomic E-state index is 11.2. The predicted molar refractivity (Wildman–Crippen MR) is 67.4 cm³/mol. The second-order valence-electron chi connectivity index (χ2n) is 3.97. The van der Waals surface area contributed by atoms with E-state index in [1.54, 1.807) is 6.92 Å².